The Morgan fingerprint density at radius 3 is 2.79 bits per heavy atom. The minimum atomic E-state index is -0.748. The molecule has 1 saturated heterocycles. The smallest absolute Gasteiger partial charge is 0.408 e. The fourth-order valence-corrected chi connectivity index (χ4v) is 1.56. The fourth-order valence-electron chi connectivity index (χ4n) is 1.56. The van der Waals surface area contributed by atoms with Crippen molar-refractivity contribution in [2.45, 2.75) is 12.5 Å². The maximum atomic E-state index is 13.4. The predicted molar refractivity (Wildman–Crippen MR) is 48.2 cm³/mol. The molecular weight excluding hydrogens is 185 g/mol. The Bertz CT molecular complexity index is 380. The quantitative estimate of drug-likeness (QED) is 0.741. The summed E-state index contributed by atoms with van der Waals surface area (Å²) in [6.07, 6.45) is -0.504. The van der Waals surface area contributed by atoms with Crippen LogP contribution in [0.15, 0.2) is 24.3 Å². The number of alkyl carbamates (subject to hydrolysis) is 1. The van der Waals surface area contributed by atoms with Gasteiger partial charge in [0.1, 0.15) is 18.0 Å². The summed E-state index contributed by atoms with van der Waals surface area (Å²) < 4.78 is 18.2. The van der Waals surface area contributed by atoms with Crippen molar-refractivity contribution in [3.8, 4) is 0 Å². The lowest BCUT2D eigenvalue weighted by atomic mass is 9.93. The number of cyclic esters (lactones) is 1. The lowest BCUT2D eigenvalue weighted by molar-refractivity contribution is 0.173. The van der Waals surface area contributed by atoms with Crippen LogP contribution in [0.4, 0.5) is 9.18 Å². The van der Waals surface area contributed by atoms with Crippen LogP contribution in [0.1, 0.15) is 12.5 Å². The maximum Gasteiger partial charge on any atom is 0.408 e. The van der Waals surface area contributed by atoms with E-state index in [1.165, 1.54) is 6.07 Å². The number of benzene rings is 1. The number of carbonyl (C=O) groups is 1. The summed E-state index contributed by atoms with van der Waals surface area (Å²) in [7, 11) is 0. The second kappa shape index (κ2) is 2.97. The largest absolute Gasteiger partial charge is 0.447 e. The van der Waals surface area contributed by atoms with Crippen molar-refractivity contribution in [1.29, 1.82) is 0 Å². The van der Waals surface area contributed by atoms with Crippen LogP contribution in [0.25, 0.3) is 0 Å². The molecule has 0 bridgehead atoms. The van der Waals surface area contributed by atoms with Crippen molar-refractivity contribution >= 4 is 6.09 Å². The molecule has 1 N–H and O–H groups in total. The van der Waals surface area contributed by atoms with E-state index in [-0.39, 0.29) is 12.4 Å². The molecule has 0 spiro atoms. The average molecular weight is 195 g/mol. The molecular formula is C10H10FNO2. The number of hydrogen-bond donors (Lipinski definition) is 1. The van der Waals surface area contributed by atoms with Gasteiger partial charge < -0.3 is 10.1 Å². The monoisotopic (exact) mass is 195 g/mol. The molecule has 74 valence electrons. The van der Waals surface area contributed by atoms with E-state index in [4.69, 9.17) is 4.74 Å². The number of hydrogen-bond acceptors (Lipinski definition) is 2. The topological polar surface area (TPSA) is 38.3 Å². The first-order chi connectivity index (χ1) is 6.62. The Morgan fingerprint density at radius 2 is 2.21 bits per heavy atom. The second-order valence-electron chi connectivity index (χ2n) is 3.51. The Hall–Kier alpha value is -1.58. The zero-order chi connectivity index (χ0) is 10.2. The summed E-state index contributed by atoms with van der Waals surface area (Å²) in [5, 5.41) is 2.59. The molecule has 14 heavy (non-hydrogen) atoms. The minimum absolute atomic E-state index is 0.159. The van der Waals surface area contributed by atoms with Crippen LogP contribution in [0.3, 0.4) is 0 Å². The summed E-state index contributed by atoms with van der Waals surface area (Å²) in [6, 6.07) is 6.35. The van der Waals surface area contributed by atoms with Crippen molar-refractivity contribution in [3.05, 3.63) is 35.6 Å². The Morgan fingerprint density at radius 1 is 1.50 bits per heavy atom. The molecule has 1 aromatic carbocycles. The molecule has 1 fully saturated rings. The Balaban J connectivity index is 2.40. The summed E-state index contributed by atoms with van der Waals surface area (Å²) >= 11 is 0. The first-order valence-corrected chi connectivity index (χ1v) is 4.32. The summed E-state index contributed by atoms with van der Waals surface area (Å²) in [6.45, 7) is 1.89. The van der Waals surface area contributed by atoms with E-state index < -0.39 is 11.6 Å². The molecule has 0 saturated carbocycles. The van der Waals surface area contributed by atoms with Gasteiger partial charge in [0.25, 0.3) is 0 Å². The second-order valence-corrected chi connectivity index (χ2v) is 3.51. The molecule has 1 unspecified atom stereocenters. The van der Waals surface area contributed by atoms with Gasteiger partial charge in [-0.25, -0.2) is 9.18 Å². The van der Waals surface area contributed by atoms with Crippen LogP contribution in [-0.4, -0.2) is 12.7 Å². The third-order valence-corrected chi connectivity index (χ3v) is 2.34. The molecule has 2 rings (SSSR count). The van der Waals surface area contributed by atoms with Crippen molar-refractivity contribution in [2.24, 2.45) is 0 Å². The van der Waals surface area contributed by atoms with E-state index in [1.807, 2.05) is 0 Å². The molecule has 1 aliphatic rings. The zero-order valence-corrected chi connectivity index (χ0v) is 7.71. The van der Waals surface area contributed by atoms with Crippen molar-refractivity contribution in [2.75, 3.05) is 6.61 Å². The highest BCUT2D eigenvalue weighted by Gasteiger charge is 2.38. The molecule has 1 amide bonds. The highest BCUT2D eigenvalue weighted by Crippen LogP contribution is 2.27. The number of amides is 1. The van der Waals surface area contributed by atoms with Gasteiger partial charge in [-0.2, -0.15) is 0 Å². The summed E-state index contributed by atoms with van der Waals surface area (Å²) in [4.78, 5) is 10.9. The lowest BCUT2D eigenvalue weighted by Gasteiger charge is -2.21. The van der Waals surface area contributed by atoms with Crippen molar-refractivity contribution in [3.63, 3.8) is 0 Å². The van der Waals surface area contributed by atoms with Crippen LogP contribution in [0.5, 0.6) is 0 Å². The molecule has 1 aromatic rings. The van der Waals surface area contributed by atoms with E-state index in [9.17, 15) is 9.18 Å². The van der Waals surface area contributed by atoms with Crippen LogP contribution in [0.2, 0.25) is 0 Å². The predicted octanol–water partition coefficient (Wildman–Crippen LogP) is 1.78. The van der Waals surface area contributed by atoms with Gasteiger partial charge in [-0.15, -0.1) is 0 Å². The van der Waals surface area contributed by atoms with Gasteiger partial charge in [0, 0.05) is 5.56 Å². The standard InChI is InChI=1S/C10H10FNO2/c1-10(6-14-9(13)12-10)7-4-2-3-5-8(7)11/h2-5H,6H2,1H3,(H,12,13). The highest BCUT2D eigenvalue weighted by molar-refractivity contribution is 5.71. The first-order valence-electron chi connectivity index (χ1n) is 4.32. The highest BCUT2D eigenvalue weighted by atomic mass is 19.1. The van der Waals surface area contributed by atoms with E-state index >= 15 is 0 Å². The number of rotatable bonds is 1. The van der Waals surface area contributed by atoms with E-state index in [1.54, 1.807) is 25.1 Å². The van der Waals surface area contributed by atoms with E-state index in [0.29, 0.717) is 5.56 Å². The van der Waals surface area contributed by atoms with Gasteiger partial charge in [0.2, 0.25) is 0 Å². The molecule has 0 aromatic heterocycles. The maximum absolute atomic E-state index is 13.4. The number of carbonyl (C=O) groups excluding carboxylic acids is 1. The van der Waals surface area contributed by atoms with Crippen LogP contribution in [-0.2, 0) is 10.3 Å². The van der Waals surface area contributed by atoms with E-state index in [2.05, 4.69) is 5.32 Å². The van der Waals surface area contributed by atoms with E-state index in [0.717, 1.165) is 0 Å². The van der Waals surface area contributed by atoms with Gasteiger partial charge in [-0.1, -0.05) is 18.2 Å². The number of nitrogens with one attached hydrogen (secondary N) is 1. The molecule has 1 aliphatic heterocycles. The van der Waals surface area contributed by atoms with Crippen molar-refractivity contribution < 1.29 is 13.9 Å². The third kappa shape index (κ3) is 1.32. The van der Waals surface area contributed by atoms with Crippen LogP contribution < -0.4 is 5.32 Å². The van der Waals surface area contributed by atoms with Crippen LogP contribution >= 0.6 is 0 Å². The molecule has 4 heteroatoms. The van der Waals surface area contributed by atoms with Gasteiger partial charge >= 0.3 is 6.09 Å². The first kappa shape index (κ1) is 8.99. The fraction of sp³-hybridized carbons (Fsp3) is 0.300. The SMILES string of the molecule is CC1(c2ccccc2F)COC(=O)N1. The average Bonchev–Trinajstić information content (AvgIpc) is 2.48. The Labute approximate surface area is 80.9 Å². The summed E-state index contributed by atoms with van der Waals surface area (Å²) in [5.74, 6) is -0.333. The molecule has 0 aliphatic carbocycles. The van der Waals surface area contributed by atoms with Gasteiger partial charge in [-0.3, -0.25) is 0 Å². The molecule has 3 nitrogen and oxygen atoms in total. The minimum Gasteiger partial charge on any atom is -0.447 e. The third-order valence-electron chi connectivity index (χ3n) is 2.34. The zero-order valence-electron chi connectivity index (χ0n) is 7.71. The molecule has 1 atom stereocenters. The molecule has 1 heterocycles. The lowest BCUT2D eigenvalue weighted by Crippen LogP contribution is -2.38. The van der Waals surface area contributed by atoms with Gasteiger partial charge in [0.15, 0.2) is 0 Å². The number of halogens is 1. The number of ether oxygens (including phenoxy) is 1. The Kier molecular flexibility index (Phi) is 1.91. The molecule has 0 radical (unpaired) electrons. The van der Waals surface area contributed by atoms with Gasteiger partial charge in [0.05, 0.1) is 0 Å². The van der Waals surface area contributed by atoms with Gasteiger partial charge in [-0.05, 0) is 13.0 Å². The van der Waals surface area contributed by atoms with Crippen LogP contribution in [0, 0.1) is 5.82 Å². The summed E-state index contributed by atoms with van der Waals surface area (Å²) in [5.41, 5.74) is -0.298. The van der Waals surface area contributed by atoms with Crippen molar-refractivity contribution in [1.82, 2.24) is 5.32 Å². The normalized spacial score (nSPS) is 25.7.